The van der Waals surface area contributed by atoms with Gasteiger partial charge in [0, 0.05) is 18.7 Å². The molecular formula is C12H14N2O6. The van der Waals surface area contributed by atoms with Crippen LogP contribution >= 0.6 is 0 Å². The van der Waals surface area contributed by atoms with Crippen molar-refractivity contribution >= 4 is 17.8 Å². The Balaban J connectivity index is 2.67. The Labute approximate surface area is 113 Å². The first-order valence-corrected chi connectivity index (χ1v) is 5.73. The smallest absolute Gasteiger partial charge is 0.326 e. The lowest BCUT2D eigenvalue weighted by Crippen LogP contribution is -2.41. The van der Waals surface area contributed by atoms with E-state index < -0.39 is 23.9 Å². The largest absolute Gasteiger partial charge is 0.480 e. The van der Waals surface area contributed by atoms with Crippen molar-refractivity contribution in [1.29, 1.82) is 0 Å². The van der Waals surface area contributed by atoms with Crippen LogP contribution in [0.1, 0.15) is 23.2 Å². The van der Waals surface area contributed by atoms with Crippen LogP contribution in [0.25, 0.3) is 0 Å². The molecule has 1 aromatic heterocycles. The fraction of sp³-hybridized carbons (Fsp3) is 0.333. The van der Waals surface area contributed by atoms with Crippen LogP contribution in [0.2, 0.25) is 0 Å². The molecule has 20 heavy (non-hydrogen) atoms. The van der Waals surface area contributed by atoms with Gasteiger partial charge in [0.15, 0.2) is 0 Å². The molecule has 8 heteroatoms. The van der Waals surface area contributed by atoms with E-state index in [1.165, 1.54) is 19.4 Å². The molecule has 3 N–H and O–H groups in total. The number of nitrogens with one attached hydrogen (secondary N) is 2. The Bertz CT molecular complexity index is 545. The fourth-order valence-electron chi connectivity index (χ4n) is 1.42. The maximum Gasteiger partial charge on any atom is 0.326 e. The monoisotopic (exact) mass is 282 g/mol. The Hall–Kier alpha value is -2.64. The van der Waals surface area contributed by atoms with E-state index in [1.807, 2.05) is 0 Å². The summed E-state index contributed by atoms with van der Waals surface area (Å²) < 4.78 is 4.40. The molecular weight excluding hydrogens is 268 g/mol. The fourth-order valence-corrected chi connectivity index (χ4v) is 1.42. The average molecular weight is 282 g/mol. The van der Waals surface area contributed by atoms with Crippen LogP contribution in [0.4, 0.5) is 0 Å². The number of aliphatic carboxylic acids is 1. The number of ether oxygens (including phenoxy) is 1. The second-order valence-corrected chi connectivity index (χ2v) is 3.92. The predicted octanol–water partition coefficient (Wildman–Crippen LogP) is -0.489. The Morgan fingerprint density at radius 2 is 2.10 bits per heavy atom. The molecule has 0 spiro atoms. The highest BCUT2D eigenvalue weighted by Crippen LogP contribution is 2.02. The third kappa shape index (κ3) is 4.56. The van der Waals surface area contributed by atoms with E-state index in [0.717, 1.165) is 6.07 Å². The van der Waals surface area contributed by atoms with Crippen LogP contribution < -0.4 is 10.9 Å². The zero-order valence-electron chi connectivity index (χ0n) is 10.7. The first-order chi connectivity index (χ1) is 9.43. The molecule has 1 atom stereocenters. The van der Waals surface area contributed by atoms with Gasteiger partial charge in [0.1, 0.15) is 6.04 Å². The van der Waals surface area contributed by atoms with E-state index in [0.29, 0.717) is 0 Å². The van der Waals surface area contributed by atoms with E-state index >= 15 is 0 Å². The summed E-state index contributed by atoms with van der Waals surface area (Å²) >= 11 is 0. The summed E-state index contributed by atoms with van der Waals surface area (Å²) in [6.07, 6.45) is 0.966. The highest BCUT2D eigenvalue weighted by molar-refractivity contribution is 5.96. The molecule has 0 aliphatic carbocycles. The number of esters is 1. The number of carboxylic acids is 1. The zero-order valence-corrected chi connectivity index (χ0v) is 10.7. The molecule has 1 rings (SSSR count). The van der Waals surface area contributed by atoms with Crippen molar-refractivity contribution in [2.45, 2.75) is 18.9 Å². The predicted molar refractivity (Wildman–Crippen MR) is 67.2 cm³/mol. The van der Waals surface area contributed by atoms with Crippen molar-refractivity contribution in [3.05, 3.63) is 34.2 Å². The van der Waals surface area contributed by atoms with Crippen LogP contribution in [0, 0.1) is 0 Å². The van der Waals surface area contributed by atoms with Gasteiger partial charge in [0.2, 0.25) is 5.56 Å². The first-order valence-electron chi connectivity index (χ1n) is 5.73. The van der Waals surface area contributed by atoms with Gasteiger partial charge in [-0.15, -0.1) is 0 Å². The van der Waals surface area contributed by atoms with Gasteiger partial charge < -0.3 is 20.1 Å². The molecule has 108 valence electrons. The molecule has 1 aromatic rings. The average Bonchev–Trinajstić information content (AvgIpc) is 2.43. The maximum atomic E-state index is 11.8. The summed E-state index contributed by atoms with van der Waals surface area (Å²) in [7, 11) is 1.19. The summed E-state index contributed by atoms with van der Waals surface area (Å²) in [5, 5.41) is 11.2. The Kier molecular flexibility index (Phi) is 5.45. The molecule has 1 unspecified atom stereocenters. The number of H-pyrrole nitrogens is 1. The first kappa shape index (κ1) is 15.4. The summed E-state index contributed by atoms with van der Waals surface area (Å²) in [5.41, 5.74) is -0.254. The Morgan fingerprint density at radius 3 is 2.60 bits per heavy atom. The second kappa shape index (κ2) is 7.07. The molecule has 0 aliphatic heterocycles. The van der Waals surface area contributed by atoms with Crippen LogP contribution in [0.3, 0.4) is 0 Å². The van der Waals surface area contributed by atoms with Crippen molar-refractivity contribution in [3.8, 4) is 0 Å². The van der Waals surface area contributed by atoms with Crippen molar-refractivity contribution in [1.82, 2.24) is 10.3 Å². The lowest BCUT2D eigenvalue weighted by atomic mass is 10.1. The van der Waals surface area contributed by atoms with Gasteiger partial charge in [0.05, 0.1) is 12.7 Å². The molecule has 0 saturated heterocycles. The summed E-state index contributed by atoms with van der Waals surface area (Å²) in [5.74, 6) is -2.47. The third-order valence-corrected chi connectivity index (χ3v) is 2.51. The molecule has 0 fully saturated rings. The molecule has 0 aromatic carbocycles. The summed E-state index contributed by atoms with van der Waals surface area (Å²) in [6.45, 7) is 0. The Morgan fingerprint density at radius 1 is 1.40 bits per heavy atom. The van der Waals surface area contributed by atoms with Crippen molar-refractivity contribution in [3.63, 3.8) is 0 Å². The van der Waals surface area contributed by atoms with Gasteiger partial charge in [-0.25, -0.2) is 4.79 Å². The topological polar surface area (TPSA) is 126 Å². The van der Waals surface area contributed by atoms with Gasteiger partial charge in [-0.3, -0.25) is 14.4 Å². The van der Waals surface area contributed by atoms with E-state index in [2.05, 4.69) is 15.0 Å². The molecule has 8 nitrogen and oxygen atoms in total. The van der Waals surface area contributed by atoms with Crippen molar-refractivity contribution < 1.29 is 24.2 Å². The molecule has 0 radical (unpaired) electrons. The van der Waals surface area contributed by atoms with Crippen LogP contribution in [-0.4, -0.2) is 41.1 Å². The minimum atomic E-state index is -1.26. The van der Waals surface area contributed by atoms with Gasteiger partial charge >= 0.3 is 11.9 Å². The number of hydrogen-bond acceptors (Lipinski definition) is 5. The van der Waals surface area contributed by atoms with Crippen LogP contribution in [0.5, 0.6) is 0 Å². The van der Waals surface area contributed by atoms with E-state index in [-0.39, 0.29) is 24.0 Å². The van der Waals surface area contributed by atoms with E-state index in [1.54, 1.807) is 0 Å². The third-order valence-electron chi connectivity index (χ3n) is 2.51. The molecule has 0 aliphatic rings. The minimum Gasteiger partial charge on any atom is -0.480 e. The summed E-state index contributed by atoms with van der Waals surface area (Å²) in [6, 6.07) is 1.21. The highest BCUT2D eigenvalue weighted by atomic mass is 16.5. The van der Waals surface area contributed by atoms with E-state index in [9.17, 15) is 19.2 Å². The quantitative estimate of drug-likeness (QED) is 0.604. The van der Waals surface area contributed by atoms with Crippen molar-refractivity contribution in [2.24, 2.45) is 0 Å². The summed E-state index contributed by atoms with van der Waals surface area (Å²) in [4.78, 5) is 46.9. The standard InChI is InChI=1S/C12H14N2O6/c1-20-10(16)5-3-8(12(18)19)14-11(17)7-2-4-9(15)13-6-7/h2,4,6,8H,3,5H2,1H3,(H,13,15)(H,14,17)(H,18,19). The van der Waals surface area contributed by atoms with Gasteiger partial charge in [-0.1, -0.05) is 0 Å². The normalized spacial score (nSPS) is 11.4. The molecule has 1 amide bonds. The second-order valence-electron chi connectivity index (χ2n) is 3.92. The lowest BCUT2D eigenvalue weighted by molar-refractivity contribution is -0.142. The van der Waals surface area contributed by atoms with Gasteiger partial charge in [-0.2, -0.15) is 0 Å². The number of amides is 1. The van der Waals surface area contributed by atoms with Crippen molar-refractivity contribution in [2.75, 3.05) is 7.11 Å². The highest BCUT2D eigenvalue weighted by Gasteiger charge is 2.21. The van der Waals surface area contributed by atoms with Gasteiger partial charge in [0.25, 0.3) is 5.91 Å². The molecule has 0 saturated carbocycles. The number of methoxy groups -OCH3 is 1. The number of carbonyl (C=O) groups excluding carboxylic acids is 2. The lowest BCUT2D eigenvalue weighted by Gasteiger charge is -2.13. The molecule has 1 heterocycles. The number of carboxylic acid groups (broad SMARTS) is 1. The number of aromatic nitrogens is 1. The number of rotatable bonds is 6. The zero-order chi connectivity index (χ0) is 15.1. The van der Waals surface area contributed by atoms with Gasteiger partial charge in [-0.05, 0) is 12.5 Å². The van der Waals surface area contributed by atoms with Crippen LogP contribution in [0.15, 0.2) is 23.1 Å². The maximum absolute atomic E-state index is 11.8. The number of hydrogen-bond donors (Lipinski definition) is 3. The number of carbonyl (C=O) groups is 3. The van der Waals surface area contributed by atoms with Crippen LogP contribution in [-0.2, 0) is 14.3 Å². The molecule has 0 bridgehead atoms. The van der Waals surface area contributed by atoms with E-state index in [4.69, 9.17) is 5.11 Å². The number of aromatic amines is 1. The minimum absolute atomic E-state index is 0.0862. The SMILES string of the molecule is COC(=O)CCC(NC(=O)c1ccc(=O)[nH]c1)C(=O)O. The number of pyridine rings is 1.